The van der Waals surface area contributed by atoms with Crippen molar-refractivity contribution in [3.05, 3.63) is 41.9 Å². The molecule has 1 rings (SSSR count). The Morgan fingerprint density at radius 1 is 1.61 bits per heavy atom. The SMILES string of the molecule is C/C=C(\C=C/N)Nc1cnc(OCC)c(C=O)c1. The van der Waals surface area contributed by atoms with Crippen LogP contribution in [0.3, 0.4) is 0 Å². The number of rotatable bonds is 6. The normalized spacial score (nSPS) is 11.6. The third-order valence-electron chi connectivity index (χ3n) is 2.16. The Morgan fingerprint density at radius 2 is 2.39 bits per heavy atom. The molecule has 18 heavy (non-hydrogen) atoms. The lowest BCUT2D eigenvalue weighted by atomic mass is 10.2. The van der Waals surface area contributed by atoms with Crippen molar-refractivity contribution in [2.75, 3.05) is 11.9 Å². The van der Waals surface area contributed by atoms with Gasteiger partial charge in [-0.15, -0.1) is 0 Å². The van der Waals surface area contributed by atoms with E-state index in [-0.39, 0.29) is 0 Å². The molecule has 5 heteroatoms. The molecule has 1 aromatic rings. The van der Waals surface area contributed by atoms with Crippen molar-refractivity contribution in [2.45, 2.75) is 13.8 Å². The van der Waals surface area contributed by atoms with Crippen molar-refractivity contribution in [3.63, 3.8) is 0 Å². The minimum Gasteiger partial charge on any atom is -0.477 e. The highest BCUT2D eigenvalue weighted by atomic mass is 16.5. The fourth-order valence-corrected chi connectivity index (χ4v) is 1.36. The van der Waals surface area contributed by atoms with Crippen LogP contribution in [-0.4, -0.2) is 17.9 Å². The van der Waals surface area contributed by atoms with Crippen molar-refractivity contribution < 1.29 is 9.53 Å². The van der Waals surface area contributed by atoms with Gasteiger partial charge in [-0.3, -0.25) is 4.79 Å². The molecule has 0 atom stereocenters. The molecule has 0 aliphatic carbocycles. The molecule has 5 nitrogen and oxygen atoms in total. The van der Waals surface area contributed by atoms with E-state index in [1.165, 1.54) is 6.20 Å². The van der Waals surface area contributed by atoms with E-state index in [1.807, 2.05) is 19.9 Å². The minimum atomic E-state index is 0.342. The zero-order valence-corrected chi connectivity index (χ0v) is 10.5. The maximum absolute atomic E-state index is 10.9. The lowest BCUT2D eigenvalue weighted by molar-refractivity contribution is 0.111. The molecular formula is C13H17N3O2. The number of ether oxygens (including phenoxy) is 1. The second kappa shape index (κ2) is 7.11. The molecule has 0 saturated heterocycles. The highest BCUT2D eigenvalue weighted by molar-refractivity contribution is 5.80. The quantitative estimate of drug-likeness (QED) is 0.594. The number of aldehydes is 1. The number of nitrogens with zero attached hydrogens (tertiary/aromatic N) is 1. The third-order valence-corrected chi connectivity index (χ3v) is 2.16. The lowest BCUT2D eigenvalue weighted by Crippen LogP contribution is -2.02. The van der Waals surface area contributed by atoms with E-state index in [1.54, 1.807) is 18.3 Å². The standard InChI is InChI=1S/C13H17N3O2/c1-3-11(5-6-14)16-12-7-10(9-17)13(15-8-12)18-4-2/h3,5-9,16H,4,14H2,1-2H3/b6-5-,11-3+. The van der Waals surface area contributed by atoms with Crippen LogP contribution in [-0.2, 0) is 0 Å². The molecular weight excluding hydrogens is 230 g/mol. The molecule has 3 N–H and O–H groups in total. The van der Waals surface area contributed by atoms with E-state index >= 15 is 0 Å². The van der Waals surface area contributed by atoms with Gasteiger partial charge in [0.25, 0.3) is 0 Å². The summed E-state index contributed by atoms with van der Waals surface area (Å²) in [6.07, 6.45) is 7.34. The van der Waals surface area contributed by atoms with Crippen LogP contribution >= 0.6 is 0 Å². The summed E-state index contributed by atoms with van der Waals surface area (Å²) in [4.78, 5) is 15.0. The monoisotopic (exact) mass is 247 g/mol. The molecule has 0 bridgehead atoms. The van der Waals surface area contributed by atoms with Crippen LogP contribution in [0, 0.1) is 0 Å². The van der Waals surface area contributed by atoms with E-state index in [4.69, 9.17) is 10.5 Å². The van der Waals surface area contributed by atoms with Gasteiger partial charge in [-0.2, -0.15) is 0 Å². The summed E-state index contributed by atoms with van der Waals surface area (Å²) in [6.45, 7) is 4.19. The van der Waals surface area contributed by atoms with E-state index in [0.29, 0.717) is 23.7 Å². The van der Waals surface area contributed by atoms with Crippen molar-refractivity contribution in [2.24, 2.45) is 5.73 Å². The van der Waals surface area contributed by atoms with Gasteiger partial charge in [0, 0.05) is 5.70 Å². The summed E-state index contributed by atoms with van der Waals surface area (Å²) in [5.74, 6) is 0.342. The van der Waals surface area contributed by atoms with Crippen molar-refractivity contribution in [3.8, 4) is 5.88 Å². The number of hydrogen-bond acceptors (Lipinski definition) is 5. The number of nitrogens with one attached hydrogen (secondary N) is 1. The molecule has 0 aliphatic rings. The average Bonchev–Trinajstić information content (AvgIpc) is 2.40. The second-order valence-corrected chi connectivity index (χ2v) is 3.40. The van der Waals surface area contributed by atoms with Gasteiger partial charge in [-0.25, -0.2) is 4.98 Å². The second-order valence-electron chi connectivity index (χ2n) is 3.40. The van der Waals surface area contributed by atoms with Crippen molar-refractivity contribution in [1.82, 2.24) is 4.98 Å². The molecule has 0 saturated carbocycles. The van der Waals surface area contributed by atoms with E-state index in [9.17, 15) is 4.79 Å². The molecule has 0 spiro atoms. The van der Waals surface area contributed by atoms with Crippen LogP contribution in [0.5, 0.6) is 5.88 Å². The molecule has 0 unspecified atom stereocenters. The minimum absolute atomic E-state index is 0.342. The predicted octanol–water partition coefficient (Wildman–Crippen LogP) is 2.08. The van der Waals surface area contributed by atoms with Crippen LogP contribution in [0.1, 0.15) is 24.2 Å². The van der Waals surface area contributed by atoms with Crippen LogP contribution in [0.25, 0.3) is 0 Å². The number of carbonyl (C=O) groups excluding carboxylic acids is 1. The van der Waals surface area contributed by atoms with Crippen molar-refractivity contribution >= 4 is 12.0 Å². The molecule has 0 aromatic carbocycles. The summed E-state index contributed by atoms with van der Waals surface area (Å²) in [5, 5.41) is 3.09. The summed E-state index contributed by atoms with van der Waals surface area (Å²) in [7, 11) is 0. The van der Waals surface area contributed by atoms with Gasteiger partial charge in [0.1, 0.15) is 0 Å². The Bertz CT molecular complexity index is 467. The van der Waals surface area contributed by atoms with Gasteiger partial charge in [-0.05, 0) is 32.2 Å². The van der Waals surface area contributed by atoms with E-state index < -0.39 is 0 Å². The first-order valence-electron chi connectivity index (χ1n) is 5.64. The molecule has 0 amide bonds. The number of carbonyl (C=O) groups is 1. The van der Waals surface area contributed by atoms with Gasteiger partial charge in [-0.1, -0.05) is 6.08 Å². The van der Waals surface area contributed by atoms with Gasteiger partial charge in [0.05, 0.1) is 24.1 Å². The number of hydrogen-bond donors (Lipinski definition) is 2. The first-order valence-corrected chi connectivity index (χ1v) is 5.64. The van der Waals surface area contributed by atoms with E-state index in [2.05, 4.69) is 10.3 Å². The van der Waals surface area contributed by atoms with Crippen LogP contribution in [0.2, 0.25) is 0 Å². The number of allylic oxidation sites excluding steroid dienone is 2. The average molecular weight is 247 g/mol. The van der Waals surface area contributed by atoms with E-state index in [0.717, 1.165) is 12.0 Å². The number of nitrogens with two attached hydrogens (primary N) is 1. The van der Waals surface area contributed by atoms with Crippen molar-refractivity contribution in [1.29, 1.82) is 0 Å². The Labute approximate surface area is 106 Å². The largest absolute Gasteiger partial charge is 0.477 e. The highest BCUT2D eigenvalue weighted by Gasteiger charge is 2.06. The summed E-state index contributed by atoms with van der Waals surface area (Å²) in [6, 6.07) is 1.68. The van der Waals surface area contributed by atoms with Gasteiger partial charge in [0.15, 0.2) is 6.29 Å². The molecule has 0 aliphatic heterocycles. The summed E-state index contributed by atoms with van der Waals surface area (Å²) < 4.78 is 5.24. The van der Waals surface area contributed by atoms with Crippen LogP contribution in [0.15, 0.2) is 36.3 Å². The fraction of sp³-hybridized carbons (Fsp3) is 0.231. The predicted molar refractivity (Wildman–Crippen MR) is 71.5 cm³/mol. The number of pyridine rings is 1. The van der Waals surface area contributed by atoms with Crippen LogP contribution < -0.4 is 15.8 Å². The Hall–Kier alpha value is -2.30. The van der Waals surface area contributed by atoms with Crippen LogP contribution in [0.4, 0.5) is 5.69 Å². The number of anilines is 1. The summed E-state index contributed by atoms with van der Waals surface area (Å²) in [5.41, 5.74) is 7.26. The lowest BCUT2D eigenvalue weighted by Gasteiger charge is -2.09. The van der Waals surface area contributed by atoms with Gasteiger partial charge in [0.2, 0.25) is 5.88 Å². The Morgan fingerprint density at radius 3 is 2.94 bits per heavy atom. The smallest absolute Gasteiger partial charge is 0.224 e. The third kappa shape index (κ3) is 3.62. The topological polar surface area (TPSA) is 77.2 Å². The maximum Gasteiger partial charge on any atom is 0.224 e. The van der Waals surface area contributed by atoms with Gasteiger partial charge < -0.3 is 15.8 Å². The zero-order chi connectivity index (χ0) is 13.4. The zero-order valence-electron chi connectivity index (χ0n) is 10.5. The first kappa shape index (κ1) is 13.8. The molecule has 0 radical (unpaired) electrons. The maximum atomic E-state index is 10.9. The Kier molecular flexibility index (Phi) is 5.44. The fourth-order valence-electron chi connectivity index (χ4n) is 1.36. The summed E-state index contributed by atoms with van der Waals surface area (Å²) >= 11 is 0. The van der Waals surface area contributed by atoms with Gasteiger partial charge >= 0.3 is 0 Å². The number of aromatic nitrogens is 1. The molecule has 1 aromatic heterocycles. The molecule has 0 fully saturated rings. The Balaban J connectivity index is 2.95. The first-order chi connectivity index (χ1) is 8.74. The molecule has 96 valence electrons. The molecule has 1 heterocycles. The highest BCUT2D eigenvalue weighted by Crippen LogP contribution is 2.19.